The van der Waals surface area contributed by atoms with Crippen LogP contribution in [0.15, 0.2) is 34.3 Å². The molecule has 5 nitrogen and oxygen atoms in total. The lowest BCUT2D eigenvalue weighted by Crippen LogP contribution is -2.31. The van der Waals surface area contributed by atoms with Crippen molar-refractivity contribution >= 4 is 24.3 Å². The van der Waals surface area contributed by atoms with E-state index in [1.54, 1.807) is 0 Å². The normalized spacial score (nSPS) is 11.6. The Morgan fingerprint density at radius 1 is 1.17 bits per heavy atom. The molecule has 24 heavy (non-hydrogen) atoms. The van der Waals surface area contributed by atoms with Gasteiger partial charge in [-0.15, -0.1) is 12.4 Å². The SMILES string of the molecule is CCCCN=C(N=C(N)N)NCCc1ccc(C(F)(F)F)cc1.Cl. The molecule has 9 heteroatoms. The molecule has 0 aromatic heterocycles. The first-order valence-electron chi connectivity index (χ1n) is 7.37. The van der Waals surface area contributed by atoms with E-state index in [1.165, 1.54) is 12.1 Å². The molecule has 0 radical (unpaired) electrons. The van der Waals surface area contributed by atoms with Crippen molar-refractivity contribution in [1.82, 2.24) is 5.32 Å². The number of rotatable bonds is 6. The zero-order valence-corrected chi connectivity index (χ0v) is 14.3. The number of nitrogens with zero attached hydrogens (tertiary/aromatic N) is 2. The Morgan fingerprint density at radius 3 is 2.29 bits per heavy atom. The van der Waals surface area contributed by atoms with Crippen LogP contribution in [-0.2, 0) is 12.6 Å². The zero-order valence-electron chi connectivity index (χ0n) is 13.4. The van der Waals surface area contributed by atoms with Crippen molar-refractivity contribution in [3.8, 4) is 0 Å². The molecular weight excluding hydrogens is 343 g/mol. The Morgan fingerprint density at radius 2 is 1.79 bits per heavy atom. The standard InChI is InChI=1S/C15H22F3N5.ClH/c1-2-3-9-21-14(23-13(19)20)22-10-8-11-4-6-12(7-5-11)15(16,17)18;/h4-7H,2-3,8-10H2,1H3,(H5,19,20,21,22,23);1H. The van der Waals surface area contributed by atoms with Crippen molar-refractivity contribution < 1.29 is 13.2 Å². The second-order valence-electron chi connectivity index (χ2n) is 4.97. The second-order valence-corrected chi connectivity index (χ2v) is 4.97. The summed E-state index contributed by atoms with van der Waals surface area (Å²) in [6.07, 6.45) is -1.86. The molecule has 0 bridgehead atoms. The molecule has 0 atom stereocenters. The first-order valence-corrected chi connectivity index (χ1v) is 7.37. The van der Waals surface area contributed by atoms with Crippen LogP contribution in [0.4, 0.5) is 13.2 Å². The first kappa shape index (κ1) is 22.0. The summed E-state index contributed by atoms with van der Waals surface area (Å²) in [6.45, 7) is 3.12. The van der Waals surface area contributed by atoms with Gasteiger partial charge in [-0.1, -0.05) is 25.5 Å². The monoisotopic (exact) mass is 365 g/mol. The number of unbranched alkanes of at least 4 members (excludes halogenated alkanes) is 1. The number of halogens is 4. The molecule has 0 spiro atoms. The van der Waals surface area contributed by atoms with Gasteiger partial charge < -0.3 is 16.8 Å². The molecular formula is C15H23ClF3N5. The third kappa shape index (κ3) is 8.61. The lowest BCUT2D eigenvalue weighted by atomic mass is 10.1. The van der Waals surface area contributed by atoms with Crippen LogP contribution in [0.25, 0.3) is 0 Å². The fraction of sp³-hybridized carbons (Fsp3) is 0.467. The van der Waals surface area contributed by atoms with Crippen LogP contribution in [0.2, 0.25) is 0 Å². The second kappa shape index (κ2) is 10.7. The Labute approximate surface area is 145 Å². The minimum Gasteiger partial charge on any atom is -0.370 e. The van der Waals surface area contributed by atoms with E-state index in [4.69, 9.17) is 11.5 Å². The molecule has 0 aliphatic carbocycles. The fourth-order valence-corrected chi connectivity index (χ4v) is 1.78. The molecule has 1 aromatic rings. The Balaban J connectivity index is 0.00000529. The average Bonchev–Trinajstić information content (AvgIpc) is 2.46. The van der Waals surface area contributed by atoms with Gasteiger partial charge in [0.1, 0.15) is 0 Å². The van der Waals surface area contributed by atoms with E-state index in [0.29, 0.717) is 25.5 Å². The molecule has 0 unspecified atom stereocenters. The van der Waals surface area contributed by atoms with Crippen LogP contribution in [0.5, 0.6) is 0 Å². The van der Waals surface area contributed by atoms with Crippen molar-refractivity contribution in [2.75, 3.05) is 13.1 Å². The van der Waals surface area contributed by atoms with Crippen LogP contribution in [-0.4, -0.2) is 25.0 Å². The van der Waals surface area contributed by atoms with Crippen LogP contribution >= 0.6 is 12.4 Å². The summed E-state index contributed by atoms with van der Waals surface area (Å²) in [4.78, 5) is 8.13. The largest absolute Gasteiger partial charge is 0.416 e. The molecule has 5 N–H and O–H groups in total. The van der Waals surface area contributed by atoms with Crippen LogP contribution in [0, 0.1) is 0 Å². The molecule has 1 aromatic carbocycles. The van der Waals surface area contributed by atoms with Crippen LogP contribution in [0.1, 0.15) is 30.9 Å². The number of aliphatic imine (C=N–C) groups is 2. The summed E-state index contributed by atoms with van der Waals surface area (Å²) >= 11 is 0. The zero-order chi connectivity index (χ0) is 17.3. The molecule has 0 aliphatic rings. The molecule has 136 valence electrons. The van der Waals surface area contributed by atoms with Gasteiger partial charge in [0.25, 0.3) is 0 Å². The summed E-state index contributed by atoms with van der Waals surface area (Å²) in [5, 5.41) is 2.98. The quantitative estimate of drug-likeness (QED) is 0.411. The van der Waals surface area contributed by atoms with Gasteiger partial charge in [0.2, 0.25) is 5.96 Å². The molecule has 0 amide bonds. The third-order valence-electron chi connectivity index (χ3n) is 2.99. The number of benzene rings is 1. The highest BCUT2D eigenvalue weighted by atomic mass is 35.5. The number of nitrogens with one attached hydrogen (secondary N) is 1. The van der Waals surface area contributed by atoms with Gasteiger partial charge in [-0.3, -0.25) is 4.99 Å². The fourth-order valence-electron chi connectivity index (χ4n) is 1.78. The van der Waals surface area contributed by atoms with Gasteiger partial charge >= 0.3 is 6.18 Å². The Hall–Kier alpha value is -1.96. The molecule has 1 rings (SSSR count). The van der Waals surface area contributed by atoms with Crippen molar-refractivity contribution in [3.05, 3.63) is 35.4 Å². The maximum Gasteiger partial charge on any atom is 0.416 e. The maximum absolute atomic E-state index is 12.5. The van der Waals surface area contributed by atoms with E-state index in [2.05, 4.69) is 15.3 Å². The lowest BCUT2D eigenvalue weighted by Gasteiger charge is -2.09. The molecule has 0 aliphatic heterocycles. The summed E-state index contributed by atoms with van der Waals surface area (Å²) < 4.78 is 37.4. The highest BCUT2D eigenvalue weighted by Gasteiger charge is 2.29. The van der Waals surface area contributed by atoms with Crippen molar-refractivity contribution in [3.63, 3.8) is 0 Å². The van der Waals surface area contributed by atoms with E-state index in [1.807, 2.05) is 6.92 Å². The summed E-state index contributed by atoms with van der Waals surface area (Å²) in [6, 6.07) is 5.06. The van der Waals surface area contributed by atoms with Gasteiger partial charge in [0, 0.05) is 13.1 Å². The van der Waals surface area contributed by atoms with Crippen LogP contribution in [0.3, 0.4) is 0 Å². The first-order chi connectivity index (χ1) is 10.8. The van der Waals surface area contributed by atoms with Gasteiger partial charge in [0.05, 0.1) is 5.56 Å². The Kier molecular flexibility index (Phi) is 9.87. The number of hydrogen-bond acceptors (Lipinski definition) is 1. The Bertz CT molecular complexity index is 537. The van der Waals surface area contributed by atoms with Gasteiger partial charge in [-0.05, 0) is 30.5 Å². The topological polar surface area (TPSA) is 88.8 Å². The average molecular weight is 366 g/mol. The van der Waals surface area contributed by atoms with Gasteiger partial charge in [-0.25, -0.2) is 0 Å². The summed E-state index contributed by atoms with van der Waals surface area (Å²) in [5.41, 5.74) is 10.8. The molecule has 0 saturated heterocycles. The third-order valence-corrected chi connectivity index (χ3v) is 2.99. The summed E-state index contributed by atoms with van der Waals surface area (Å²) in [7, 11) is 0. The van der Waals surface area contributed by atoms with E-state index in [-0.39, 0.29) is 18.4 Å². The van der Waals surface area contributed by atoms with Crippen molar-refractivity contribution in [2.24, 2.45) is 21.5 Å². The number of hydrogen-bond donors (Lipinski definition) is 3. The smallest absolute Gasteiger partial charge is 0.370 e. The number of guanidine groups is 2. The predicted octanol–water partition coefficient (Wildman–Crippen LogP) is 2.69. The number of alkyl halides is 3. The van der Waals surface area contributed by atoms with Gasteiger partial charge in [0.15, 0.2) is 5.96 Å². The van der Waals surface area contributed by atoms with E-state index in [9.17, 15) is 13.2 Å². The number of nitrogens with two attached hydrogens (primary N) is 2. The highest BCUT2D eigenvalue weighted by Crippen LogP contribution is 2.29. The van der Waals surface area contributed by atoms with Crippen molar-refractivity contribution in [2.45, 2.75) is 32.4 Å². The minimum atomic E-state index is -4.32. The molecule has 0 heterocycles. The molecule has 0 saturated carbocycles. The maximum atomic E-state index is 12.5. The van der Waals surface area contributed by atoms with E-state index >= 15 is 0 Å². The van der Waals surface area contributed by atoms with Crippen LogP contribution < -0.4 is 16.8 Å². The summed E-state index contributed by atoms with van der Waals surface area (Å²) in [5.74, 6) is 0.243. The highest BCUT2D eigenvalue weighted by molar-refractivity contribution is 5.93. The van der Waals surface area contributed by atoms with Crippen molar-refractivity contribution in [1.29, 1.82) is 0 Å². The van der Waals surface area contributed by atoms with Gasteiger partial charge in [-0.2, -0.15) is 18.2 Å². The molecule has 0 fully saturated rings. The minimum absolute atomic E-state index is 0. The lowest BCUT2D eigenvalue weighted by molar-refractivity contribution is -0.137. The van der Waals surface area contributed by atoms with E-state index in [0.717, 1.165) is 30.5 Å². The van der Waals surface area contributed by atoms with E-state index < -0.39 is 11.7 Å². The predicted molar refractivity (Wildman–Crippen MR) is 93.4 cm³/mol.